The average Bonchev–Trinajstić information content (AvgIpc) is 2.63. The Balaban J connectivity index is 2.75. The molecule has 0 saturated carbocycles. The Morgan fingerprint density at radius 1 is 1.33 bits per heavy atom. The van der Waals surface area contributed by atoms with Gasteiger partial charge in [-0.05, 0) is 46.3 Å². The normalized spacial score (nSPS) is 11.8. The quantitative estimate of drug-likeness (QED) is 0.700. The maximum Gasteiger partial charge on any atom is 0.182 e. The van der Waals surface area contributed by atoms with Gasteiger partial charge in [-0.15, -0.1) is 0 Å². The summed E-state index contributed by atoms with van der Waals surface area (Å²) in [5.41, 5.74) is 2.07. The van der Waals surface area contributed by atoms with Crippen LogP contribution in [-0.4, -0.2) is 9.55 Å². The smallest absolute Gasteiger partial charge is 0.182 e. The van der Waals surface area contributed by atoms with Gasteiger partial charge in [0.05, 0.1) is 5.69 Å². The Hall–Kier alpha value is -0.580. The molecule has 0 amide bonds. The third kappa shape index (κ3) is 2.56. The SMILES string of the molecule is CC(C)(C)c1c[nH]c(=S)n1-c1cc(Cl)ccc1Br. The van der Waals surface area contributed by atoms with Crippen LogP contribution in [0.15, 0.2) is 28.9 Å². The number of imidazole rings is 1. The van der Waals surface area contributed by atoms with Gasteiger partial charge in [0.2, 0.25) is 0 Å². The number of aromatic nitrogens is 2. The van der Waals surface area contributed by atoms with Crippen molar-refractivity contribution in [3.05, 3.63) is 44.4 Å². The number of nitrogens with zero attached hydrogens (tertiary/aromatic N) is 1. The van der Waals surface area contributed by atoms with Crippen LogP contribution >= 0.6 is 39.7 Å². The van der Waals surface area contributed by atoms with Gasteiger partial charge in [0, 0.05) is 26.8 Å². The predicted molar refractivity (Wildman–Crippen MR) is 82.4 cm³/mol. The molecule has 0 saturated heterocycles. The molecule has 0 unspecified atom stereocenters. The van der Waals surface area contributed by atoms with Crippen LogP contribution in [0.4, 0.5) is 0 Å². The molecule has 1 N–H and O–H groups in total. The lowest BCUT2D eigenvalue weighted by Gasteiger charge is -2.21. The fourth-order valence-corrected chi connectivity index (χ4v) is 2.66. The van der Waals surface area contributed by atoms with Crippen molar-refractivity contribution >= 4 is 39.7 Å². The fourth-order valence-electron chi connectivity index (χ4n) is 1.82. The number of benzene rings is 1. The van der Waals surface area contributed by atoms with Crippen LogP contribution < -0.4 is 0 Å². The Kier molecular flexibility index (Phi) is 3.72. The van der Waals surface area contributed by atoms with E-state index in [1.165, 1.54) is 0 Å². The van der Waals surface area contributed by atoms with Crippen LogP contribution in [0, 0.1) is 4.77 Å². The second kappa shape index (κ2) is 4.83. The lowest BCUT2D eigenvalue weighted by Crippen LogP contribution is -2.17. The van der Waals surface area contributed by atoms with Gasteiger partial charge in [0.25, 0.3) is 0 Å². The number of hydrogen-bond acceptors (Lipinski definition) is 1. The topological polar surface area (TPSA) is 20.7 Å². The summed E-state index contributed by atoms with van der Waals surface area (Å²) in [6, 6.07) is 5.69. The van der Waals surface area contributed by atoms with Crippen LogP contribution in [-0.2, 0) is 5.41 Å². The summed E-state index contributed by atoms with van der Waals surface area (Å²) in [7, 11) is 0. The van der Waals surface area contributed by atoms with Gasteiger partial charge >= 0.3 is 0 Å². The molecule has 1 heterocycles. The summed E-state index contributed by atoms with van der Waals surface area (Å²) in [6.07, 6.45) is 1.95. The molecule has 0 aliphatic carbocycles. The first-order valence-electron chi connectivity index (χ1n) is 5.57. The molecule has 2 nitrogen and oxygen atoms in total. The summed E-state index contributed by atoms with van der Waals surface area (Å²) in [6.45, 7) is 6.46. The van der Waals surface area contributed by atoms with Crippen LogP contribution in [0.2, 0.25) is 5.02 Å². The van der Waals surface area contributed by atoms with Crippen molar-refractivity contribution in [2.45, 2.75) is 26.2 Å². The van der Waals surface area contributed by atoms with Crippen molar-refractivity contribution < 1.29 is 0 Å². The molecule has 0 atom stereocenters. The number of rotatable bonds is 1. The van der Waals surface area contributed by atoms with E-state index >= 15 is 0 Å². The van der Waals surface area contributed by atoms with Gasteiger partial charge in [0.1, 0.15) is 0 Å². The first-order valence-corrected chi connectivity index (χ1v) is 7.15. The minimum atomic E-state index is -0.00465. The summed E-state index contributed by atoms with van der Waals surface area (Å²) >= 11 is 15.0. The highest BCUT2D eigenvalue weighted by Crippen LogP contribution is 2.30. The van der Waals surface area contributed by atoms with Crippen molar-refractivity contribution in [1.82, 2.24) is 9.55 Å². The zero-order chi connectivity index (χ0) is 13.5. The van der Waals surface area contributed by atoms with Crippen LogP contribution in [0.1, 0.15) is 26.5 Å². The molecule has 5 heteroatoms. The molecular weight excluding hydrogens is 332 g/mol. The maximum absolute atomic E-state index is 6.07. The predicted octanol–water partition coefficient (Wildman–Crippen LogP) is 5.25. The highest BCUT2D eigenvalue weighted by molar-refractivity contribution is 9.10. The number of halogens is 2. The van der Waals surface area contributed by atoms with Gasteiger partial charge in [-0.3, -0.25) is 4.57 Å². The molecular formula is C13H14BrClN2S. The Morgan fingerprint density at radius 2 is 2.00 bits per heavy atom. The van der Waals surface area contributed by atoms with Crippen molar-refractivity contribution in [2.75, 3.05) is 0 Å². The van der Waals surface area contributed by atoms with E-state index in [1.54, 1.807) is 0 Å². The minimum absolute atomic E-state index is 0.00465. The van der Waals surface area contributed by atoms with E-state index in [1.807, 2.05) is 29.0 Å². The van der Waals surface area contributed by atoms with E-state index in [4.69, 9.17) is 23.8 Å². The molecule has 18 heavy (non-hydrogen) atoms. The highest BCUT2D eigenvalue weighted by atomic mass is 79.9. The van der Waals surface area contributed by atoms with Crippen molar-refractivity contribution in [3.63, 3.8) is 0 Å². The molecule has 0 bridgehead atoms. The van der Waals surface area contributed by atoms with E-state index < -0.39 is 0 Å². The van der Waals surface area contributed by atoms with E-state index in [9.17, 15) is 0 Å². The molecule has 0 aliphatic rings. The largest absolute Gasteiger partial charge is 0.337 e. The van der Waals surface area contributed by atoms with Crippen LogP contribution in [0.3, 0.4) is 0 Å². The van der Waals surface area contributed by atoms with E-state index in [0.29, 0.717) is 9.79 Å². The Bertz CT molecular complexity index is 637. The van der Waals surface area contributed by atoms with Crippen LogP contribution in [0.25, 0.3) is 5.69 Å². The molecule has 1 aromatic heterocycles. The lowest BCUT2D eigenvalue weighted by molar-refractivity contribution is 0.555. The van der Waals surface area contributed by atoms with Gasteiger partial charge in [-0.2, -0.15) is 0 Å². The average molecular weight is 346 g/mol. The number of aromatic amines is 1. The minimum Gasteiger partial charge on any atom is -0.337 e. The van der Waals surface area contributed by atoms with Gasteiger partial charge < -0.3 is 4.98 Å². The molecule has 0 radical (unpaired) electrons. The first-order chi connectivity index (χ1) is 8.30. The second-order valence-corrected chi connectivity index (χ2v) is 6.84. The molecule has 1 aromatic carbocycles. The van der Waals surface area contributed by atoms with E-state index in [-0.39, 0.29) is 5.41 Å². The Labute approximate surface area is 125 Å². The summed E-state index contributed by atoms with van der Waals surface area (Å²) < 4.78 is 3.65. The van der Waals surface area contributed by atoms with Crippen molar-refractivity contribution in [3.8, 4) is 5.69 Å². The standard InChI is InChI=1S/C13H14BrClN2S/c1-13(2,3)11-7-16-12(18)17(11)10-6-8(15)4-5-9(10)14/h4-7H,1-3H3,(H,16,18). The summed E-state index contributed by atoms with van der Waals surface area (Å²) in [5.74, 6) is 0. The number of H-pyrrole nitrogens is 1. The summed E-state index contributed by atoms with van der Waals surface area (Å²) in [4.78, 5) is 3.10. The van der Waals surface area contributed by atoms with E-state index in [0.717, 1.165) is 15.9 Å². The number of hydrogen-bond donors (Lipinski definition) is 1. The van der Waals surface area contributed by atoms with Crippen LogP contribution in [0.5, 0.6) is 0 Å². The fraction of sp³-hybridized carbons (Fsp3) is 0.308. The molecule has 0 aliphatic heterocycles. The Morgan fingerprint density at radius 3 is 2.61 bits per heavy atom. The van der Waals surface area contributed by atoms with Crippen molar-refractivity contribution in [1.29, 1.82) is 0 Å². The van der Waals surface area contributed by atoms with E-state index in [2.05, 4.69) is 41.7 Å². The summed E-state index contributed by atoms with van der Waals surface area (Å²) in [5, 5.41) is 0.691. The number of nitrogens with one attached hydrogen (secondary N) is 1. The maximum atomic E-state index is 6.07. The highest BCUT2D eigenvalue weighted by Gasteiger charge is 2.21. The van der Waals surface area contributed by atoms with Gasteiger partial charge in [0.15, 0.2) is 4.77 Å². The van der Waals surface area contributed by atoms with Gasteiger partial charge in [-0.1, -0.05) is 32.4 Å². The zero-order valence-electron chi connectivity index (χ0n) is 10.4. The zero-order valence-corrected chi connectivity index (χ0v) is 13.6. The molecule has 0 spiro atoms. The molecule has 2 rings (SSSR count). The third-order valence-electron chi connectivity index (χ3n) is 2.69. The second-order valence-electron chi connectivity index (χ2n) is 5.16. The lowest BCUT2D eigenvalue weighted by atomic mass is 9.92. The molecule has 96 valence electrons. The third-order valence-corrected chi connectivity index (χ3v) is 3.90. The molecule has 0 fully saturated rings. The monoisotopic (exact) mass is 344 g/mol. The molecule has 2 aromatic rings. The van der Waals surface area contributed by atoms with Gasteiger partial charge in [-0.25, -0.2) is 0 Å². The van der Waals surface area contributed by atoms with Crippen molar-refractivity contribution in [2.24, 2.45) is 0 Å². The first kappa shape index (κ1) is 13.8.